The van der Waals surface area contributed by atoms with E-state index in [1.807, 2.05) is 32.9 Å². The van der Waals surface area contributed by atoms with Gasteiger partial charge in [-0.2, -0.15) is 0 Å². The van der Waals surface area contributed by atoms with E-state index in [9.17, 15) is 9.59 Å². The van der Waals surface area contributed by atoms with Crippen LogP contribution in [0.3, 0.4) is 0 Å². The first kappa shape index (κ1) is 18.2. The Balaban J connectivity index is 1.68. The molecule has 1 aliphatic rings. The monoisotopic (exact) mass is 350 g/mol. The molecule has 0 aliphatic heterocycles. The predicted octanol–water partition coefficient (Wildman–Crippen LogP) is 4.27. The van der Waals surface area contributed by atoms with Crippen molar-refractivity contribution < 1.29 is 9.59 Å². The van der Waals surface area contributed by atoms with Crippen molar-refractivity contribution >= 4 is 17.5 Å². The SMILES string of the molecule is CC(C)(C)NC(=O)c1ccc(NC(=O)C2CCCc3ccccc32)cc1. The minimum atomic E-state index is -0.279. The highest BCUT2D eigenvalue weighted by atomic mass is 16.2. The molecule has 0 radical (unpaired) electrons. The summed E-state index contributed by atoms with van der Waals surface area (Å²) in [5.74, 6) is -0.204. The molecule has 0 aromatic heterocycles. The van der Waals surface area contributed by atoms with Crippen molar-refractivity contribution in [3.63, 3.8) is 0 Å². The molecule has 1 atom stereocenters. The molecular formula is C22H26N2O2. The van der Waals surface area contributed by atoms with E-state index in [1.54, 1.807) is 24.3 Å². The average molecular weight is 350 g/mol. The molecule has 1 aliphatic carbocycles. The molecule has 1 unspecified atom stereocenters. The minimum absolute atomic E-state index is 0.0176. The maximum absolute atomic E-state index is 12.7. The smallest absolute Gasteiger partial charge is 0.251 e. The van der Waals surface area contributed by atoms with Crippen molar-refractivity contribution in [1.82, 2.24) is 5.32 Å². The van der Waals surface area contributed by atoms with Crippen LogP contribution in [-0.2, 0) is 11.2 Å². The Morgan fingerprint density at radius 2 is 1.69 bits per heavy atom. The van der Waals surface area contributed by atoms with Gasteiger partial charge in [0.15, 0.2) is 0 Å². The summed E-state index contributed by atoms with van der Waals surface area (Å²) in [6, 6.07) is 15.2. The number of hydrogen-bond donors (Lipinski definition) is 2. The van der Waals surface area contributed by atoms with Gasteiger partial charge in [0.05, 0.1) is 5.92 Å². The third kappa shape index (κ3) is 4.31. The lowest BCUT2D eigenvalue weighted by Crippen LogP contribution is -2.40. The van der Waals surface area contributed by atoms with Crippen molar-refractivity contribution in [3.8, 4) is 0 Å². The van der Waals surface area contributed by atoms with E-state index < -0.39 is 0 Å². The summed E-state index contributed by atoms with van der Waals surface area (Å²) in [6.45, 7) is 5.84. The van der Waals surface area contributed by atoms with Gasteiger partial charge in [-0.15, -0.1) is 0 Å². The van der Waals surface area contributed by atoms with Crippen LogP contribution in [0.5, 0.6) is 0 Å². The Kier molecular flexibility index (Phi) is 5.12. The predicted molar refractivity (Wildman–Crippen MR) is 104 cm³/mol. The van der Waals surface area contributed by atoms with Gasteiger partial charge in [0.25, 0.3) is 5.91 Å². The van der Waals surface area contributed by atoms with E-state index in [1.165, 1.54) is 5.56 Å². The van der Waals surface area contributed by atoms with Gasteiger partial charge in [-0.3, -0.25) is 9.59 Å². The van der Waals surface area contributed by atoms with Crippen molar-refractivity contribution in [1.29, 1.82) is 0 Å². The van der Waals surface area contributed by atoms with Gasteiger partial charge in [-0.05, 0) is 75.4 Å². The molecule has 2 aromatic carbocycles. The molecule has 136 valence electrons. The summed E-state index contributed by atoms with van der Waals surface area (Å²) in [4.78, 5) is 24.9. The average Bonchev–Trinajstić information content (AvgIpc) is 2.60. The zero-order valence-electron chi connectivity index (χ0n) is 15.6. The molecule has 2 aromatic rings. The molecule has 0 spiro atoms. The van der Waals surface area contributed by atoms with E-state index in [2.05, 4.69) is 22.8 Å². The summed E-state index contributed by atoms with van der Waals surface area (Å²) in [6.07, 6.45) is 2.94. The van der Waals surface area contributed by atoms with Crippen LogP contribution in [0.2, 0.25) is 0 Å². The van der Waals surface area contributed by atoms with Crippen LogP contribution in [0.15, 0.2) is 48.5 Å². The van der Waals surface area contributed by atoms with Gasteiger partial charge in [0, 0.05) is 16.8 Å². The molecule has 0 bridgehead atoms. The summed E-state index contributed by atoms with van der Waals surface area (Å²) in [5, 5.41) is 5.93. The Labute approximate surface area is 155 Å². The zero-order chi connectivity index (χ0) is 18.7. The van der Waals surface area contributed by atoms with Crippen molar-refractivity contribution in [2.45, 2.75) is 51.5 Å². The Hall–Kier alpha value is -2.62. The Bertz CT molecular complexity index is 804. The van der Waals surface area contributed by atoms with E-state index >= 15 is 0 Å². The second-order valence-corrected chi connectivity index (χ2v) is 7.91. The topological polar surface area (TPSA) is 58.2 Å². The van der Waals surface area contributed by atoms with Crippen molar-refractivity contribution in [2.24, 2.45) is 0 Å². The lowest BCUT2D eigenvalue weighted by atomic mass is 9.82. The van der Waals surface area contributed by atoms with Gasteiger partial charge in [-0.25, -0.2) is 0 Å². The molecule has 4 nitrogen and oxygen atoms in total. The Morgan fingerprint density at radius 1 is 1.00 bits per heavy atom. The van der Waals surface area contributed by atoms with Crippen molar-refractivity contribution in [2.75, 3.05) is 5.32 Å². The molecule has 0 fully saturated rings. The number of fused-ring (bicyclic) bond motifs is 1. The van der Waals surface area contributed by atoms with Crippen molar-refractivity contribution in [3.05, 3.63) is 65.2 Å². The molecule has 0 saturated heterocycles. The molecule has 3 rings (SSSR count). The number of carbonyl (C=O) groups excluding carboxylic acids is 2. The number of anilines is 1. The number of rotatable bonds is 3. The number of aryl methyl sites for hydroxylation is 1. The van der Waals surface area contributed by atoms with Crippen LogP contribution in [-0.4, -0.2) is 17.4 Å². The first-order valence-electron chi connectivity index (χ1n) is 9.15. The van der Waals surface area contributed by atoms with Crippen LogP contribution in [0, 0.1) is 0 Å². The quantitative estimate of drug-likeness (QED) is 0.868. The van der Waals surface area contributed by atoms with Crippen LogP contribution < -0.4 is 10.6 Å². The van der Waals surface area contributed by atoms with E-state index in [0.29, 0.717) is 11.3 Å². The fourth-order valence-corrected chi connectivity index (χ4v) is 3.37. The number of hydrogen-bond acceptors (Lipinski definition) is 2. The highest BCUT2D eigenvalue weighted by Gasteiger charge is 2.26. The second kappa shape index (κ2) is 7.32. The van der Waals surface area contributed by atoms with Crippen LogP contribution >= 0.6 is 0 Å². The Morgan fingerprint density at radius 3 is 2.38 bits per heavy atom. The third-order valence-electron chi connectivity index (χ3n) is 4.59. The summed E-state index contributed by atoms with van der Waals surface area (Å²) in [5.41, 5.74) is 3.43. The lowest BCUT2D eigenvalue weighted by molar-refractivity contribution is -0.117. The standard InChI is InChI=1S/C22H26N2O2/c1-22(2,3)24-20(25)16-11-13-17(14-12-16)23-21(26)19-10-6-8-15-7-4-5-9-18(15)19/h4-5,7,9,11-14,19H,6,8,10H2,1-3H3,(H,23,26)(H,24,25). The zero-order valence-corrected chi connectivity index (χ0v) is 15.6. The summed E-state index contributed by atoms with van der Waals surface area (Å²) >= 11 is 0. The van der Waals surface area contributed by atoms with Gasteiger partial charge in [0.2, 0.25) is 5.91 Å². The molecule has 4 heteroatoms. The molecule has 0 heterocycles. The first-order chi connectivity index (χ1) is 12.3. The first-order valence-corrected chi connectivity index (χ1v) is 9.15. The van der Waals surface area contributed by atoms with Gasteiger partial charge in [-0.1, -0.05) is 24.3 Å². The summed E-state index contributed by atoms with van der Waals surface area (Å²) in [7, 11) is 0. The molecular weight excluding hydrogens is 324 g/mol. The molecule has 2 amide bonds. The van der Waals surface area contributed by atoms with Crippen LogP contribution in [0.25, 0.3) is 0 Å². The highest BCUT2D eigenvalue weighted by molar-refractivity contribution is 5.98. The summed E-state index contributed by atoms with van der Waals surface area (Å²) < 4.78 is 0. The molecule has 26 heavy (non-hydrogen) atoms. The fourth-order valence-electron chi connectivity index (χ4n) is 3.37. The van der Waals surface area contributed by atoms with Crippen LogP contribution in [0.4, 0.5) is 5.69 Å². The van der Waals surface area contributed by atoms with Gasteiger partial charge < -0.3 is 10.6 Å². The van der Waals surface area contributed by atoms with E-state index in [0.717, 1.165) is 24.8 Å². The minimum Gasteiger partial charge on any atom is -0.347 e. The number of amides is 2. The number of benzene rings is 2. The number of carbonyl (C=O) groups is 2. The molecule has 2 N–H and O–H groups in total. The van der Waals surface area contributed by atoms with E-state index in [-0.39, 0.29) is 23.3 Å². The lowest BCUT2D eigenvalue weighted by Gasteiger charge is -2.24. The maximum atomic E-state index is 12.7. The molecule has 0 saturated carbocycles. The highest BCUT2D eigenvalue weighted by Crippen LogP contribution is 2.32. The maximum Gasteiger partial charge on any atom is 0.251 e. The van der Waals surface area contributed by atoms with Gasteiger partial charge >= 0.3 is 0 Å². The fraction of sp³-hybridized carbons (Fsp3) is 0.364. The second-order valence-electron chi connectivity index (χ2n) is 7.91. The number of nitrogens with one attached hydrogen (secondary N) is 2. The normalized spacial score (nSPS) is 16.5. The van der Waals surface area contributed by atoms with Gasteiger partial charge in [0.1, 0.15) is 0 Å². The third-order valence-corrected chi connectivity index (χ3v) is 4.59. The van der Waals surface area contributed by atoms with Crippen LogP contribution in [0.1, 0.15) is 61.0 Å². The largest absolute Gasteiger partial charge is 0.347 e. The van der Waals surface area contributed by atoms with E-state index in [4.69, 9.17) is 0 Å².